The molecule has 1 atom stereocenters. The number of aliphatic hydroxyl groups is 1. The molecule has 3 heterocycles. The van der Waals surface area contributed by atoms with Crippen molar-refractivity contribution < 1.29 is 18.3 Å². The maximum atomic E-state index is 12.8. The van der Waals surface area contributed by atoms with Gasteiger partial charge >= 0.3 is 0 Å². The molecule has 0 bridgehead atoms. The van der Waals surface area contributed by atoms with E-state index in [1.807, 2.05) is 0 Å². The van der Waals surface area contributed by atoms with Crippen molar-refractivity contribution in [2.75, 3.05) is 26.0 Å². The summed E-state index contributed by atoms with van der Waals surface area (Å²) in [5.41, 5.74) is 2.21. The Kier molecular flexibility index (Phi) is 4.39. The number of carbonyl (C=O) groups excluding carboxylic acids is 1. The number of rotatable bonds is 3. The van der Waals surface area contributed by atoms with Crippen molar-refractivity contribution >= 4 is 15.9 Å². The van der Waals surface area contributed by atoms with Gasteiger partial charge in [-0.25, -0.2) is 8.42 Å². The van der Waals surface area contributed by atoms with Crippen molar-refractivity contribution in [2.45, 2.75) is 31.8 Å². The van der Waals surface area contributed by atoms with E-state index in [1.54, 1.807) is 17.3 Å². The summed E-state index contributed by atoms with van der Waals surface area (Å²) in [6.45, 7) is 1.24. The number of pyridine rings is 1. The third kappa shape index (κ3) is 3.11. The molecule has 1 fully saturated rings. The number of sulfonamides is 1. The fourth-order valence-electron chi connectivity index (χ4n) is 3.38. The van der Waals surface area contributed by atoms with Gasteiger partial charge in [-0.2, -0.15) is 4.31 Å². The van der Waals surface area contributed by atoms with Gasteiger partial charge in [0, 0.05) is 32.0 Å². The Morgan fingerprint density at radius 1 is 1.39 bits per heavy atom. The number of hydrogen-bond acceptors (Lipinski definition) is 5. The topological polar surface area (TPSA) is 90.8 Å². The maximum absolute atomic E-state index is 12.8. The molecule has 2 aliphatic rings. The number of carbonyl (C=O) groups is 1. The molecule has 7 nitrogen and oxygen atoms in total. The van der Waals surface area contributed by atoms with Gasteiger partial charge in [0.2, 0.25) is 10.0 Å². The van der Waals surface area contributed by atoms with E-state index in [4.69, 9.17) is 0 Å². The second kappa shape index (κ2) is 6.18. The van der Waals surface area contributed by atoms with E-state index >= 15 is 0 Å². The average molecular weight is 339 g/mol. The molecular formula is C15H21N3O4S. The Hall–Kier alpha value is -1.51. The molecule has 0 saturated carbocycles. The molecule has 3 rings (SSSR count). The standard InChI is InChI=1S/C15H21N3O4S/c1-23(21,22)17-6-4-13-11(9-17)7-16-8-14(13)15(20)18-5-2-3-12(18)10-19/h7-8,12,19H,2-6,9-10H2,1H3. The molecule has 1 amide bonds. The van der Waals surface area contributed by atoms with Gasteiger partial charge < -0.3 is 10.0 Å². The molecule has 1 unspecified atom stereocenters. The van der Waals surface area contributed by atoms with E-state index < -0.39 is 10.0 Å². The summed E-state index contributed by atoms with van der Waals surface area (Å²) in [6.07, 6.45) is 6.59. The SMILES string of the molecule is CS(=O)(=O)N1CCc2c(cncc2C(=O)N2CCCC2CO)C1. The highest BCUT2D eigenvalue weighted by Gasteiger charge is 2.32. The van der Waals surface area contributed by atoms with Crippen molar-refractivity contribution in [3.05, 3.63) is 29.1 Å². The number of amides is 1. The minimum atomic E-state index is -3.25. The Morgan fingerprint density at radius 2 is 2.17 bits per heavy atom. The molecule has 1 aromatic heterocycles. The van der Waals surface area contributed by atoms with Gasteiger partial charge in [0.1, 0.15) is 0 Å². The van der Waals surface area contributed by atoms with Crippen molar-refractivity contribution in [3.63, 3.8) is 0 Å². The molecule has 0 aliphatic carbocycles. The highest BCUT2D eigenvalue weighted by molar-refractivity contribution is 7.88. The molecule has 1 aromatic rings. The summed E-state index contributed by atoms with van der Waals surface area (Å²) < 4.78 is 24.8. The summed E-state index contributed by atoms with van der Waals surface area (Å²) in [7, 11) is -3.25. The average Bonchev–Trinajstić information content (AvgIpc) is 3.00. The normalized spacial score (nSPS) is 22.2. The quantitative estimate of drug-likeness (QED) is 0.837. The van der Waals surface area contributed by atoms with Crippen LogP contribution in [0.25, 0.3) is 0 Å². The summed E-state index contributed by atoms with van der Waals surface area (Å²) in [6, 6.07) is -0.130. The fourth-order valence-corrected chi connectivity index (χ4v) is 4.18. The summed E-state index contributed by atoms with van der Waals surface area (Å²) >= 11 is 0. The Balaban J connectivity index is 1.90. The predicted molar refractivity (Wildman–Crippen MR) is 84.3 cm³/mol. The smallest absolute Gasteiger partial charge is 0.256 e. The van der Waals surface area contributed by atoms with Crippen LogP contribution in [0.4, 0.5) is 0 Å². The van der Waals surface area contributed by atoms with Crippen LogP contribution in [0.1, 0.15) is 34.3 Å². The number of hydrogen-bond donors (Lipinski definition) is 1. The van der Waals surface area contributed by atoms with Crippen molar-refractivity contribution in [1.29, 1.82) is 0 Å². The largest absolute Gasteiger partial charge is 0.394 e. The van der Waals surface area contributed by atoms with Gasteiger partial charge in [-0.15, -0.1) is 0 Å². The van der Waals surface area contributed by atoms with Crippen LogP contribution in [-0.2, 0) is 23.0 Å². The Morgan fingerprint density at radius 3 is 2.87 bits per heavy atom. The van der Waals surface area contributed by atoms with Crippen molar-refractivity contribution in [2.24, 2.45) is 0 Å². The molecule has 126 valence electrons. The third-order valence-electron chi connectivity index (χ3n) is 4.65. The number of fused-ring (bicyclic) bond motifs is 1. The molecule has 23 heavy (non-hydrogen) atoms. The minimum Gasteiger partial charge on any atom is -0.394 e. The van der Waals surface area contributed by atoms with Gasteiger partial charge in [-0.05, 0) is 30.4 Å². The number of likely N-dealkylation sites (tertiary alicyclic amines) is 1. The number of nitrogens with zero attached hydrogens (tertiary/aromatic N) is 3. The molecule has 1 N–H and O–H groups in total. The number of aliphatic hydroxyl groups excluding tert-OH is 1. The van der Waals surface area contributed by atoms with Crippen LogP contribution in [0.5, 0.6) is 0 Å². The first kappa shape index (κ1) is 16.4. The lowest BCUT2D eigenvalue weighted by Crippen LogP contribution is -2.40. The summed E-state index contributed by atoms with van der Waals surface area (Å²) in [4.78, 5) is 18.6. The van der Waals surface area contributed by atoms with Gasteiger partial charge in [-0.3, -0.25) is 9.78 Å². The lowest BCUT2D eigenvalue weighted by Gasteiger charge is -2.29. The fraction of sp³-hybridized carbons (Fsp3) is 0.600. The highest BCUT2D eigenvalue weighted by Crippen LogP contribution is 2.26. The van der Waals surface area contributed by atoms with Crippen LogP contribution >= 0.6 is 0 Å². The Bertz CT molecular complexity index is 719. The molecule has 1 saturated heterocycles. The molecule has 0 spiro atoms. The van der Waals surface area contributed by atoms with Crippen LogP contribution in [0, 0.1) is 0 Å². The zero-order valence-electron chi connectivity index (χ0n) is 13.1. The highest BCUT2D eigenvalue weighted by atomic mass is 32.2. The molecular weight excluding hydrogens is 318 g/mol. The molecule has 0 radical (unpaired) electrons. The molecule has 0 aromatic carbocycles. The zero-order chi connectivity index (χ0) is 16.6. The van der Waals surface area contributed by atoms with E-state index in [9.17, 15) is 18.3 Å². The van der Waals surface area contributed by atoms with E-state index in [0.29, 0.717) is 25.1 Å². The first-order chi connectivity index (χ1) is 10.9. The van der Waals surface area contributed by atoms with Crippen LogP contribution in [0.2, 0.25) is 0 Å². The Labute approximate surface area is 136 Å². The van der Waals surface area contributed by atoms with E-state index in [-0.39, 0.29) is 25.1 Å². The first-order valence-corrected chi connectivity index (χ1v) is 9.59. The van der Waals surface area contributed by atoms with E-state index in [1.165, 1.54) is 10.6 Å². The van der Waals surface area contributed by atoms with Gasteiger partial charge in [0.05, 0.1) is 24.5 Å². The van der Waals surface area contributed by atoms with Gasteiger partial charge in [-0.1, -0.05) is 0 Å². The predicted octanol–water partition coefficient (Wildman–Crippen LogP) is -0.00380. The second-order valence-electron chi connectivity index (χ2n) is 6.15. The maximum Gasteiger partial charge on any atom is 0.256 e. The summed E-state index contributed by atoms with van der Waals surface area (Å²) in [5.74, 6) is -0.112. The van der Waals surface area contributed by atoms with Crippen LogP contribution in [0.15, 0.2) is 12.4 Å². The molecule has 8 heteroatoms. The van der Waals surface area contributed by atoms with Crippen LogP contribution in [-0.4, -0.2) is 65.6 Å². The van der Waals surface area contributed by atoms with Gasteiger partial charge in [0.25, 0.3) is 5.91 Å². The third-order valence-corrected chi connectivity index (χ3v) is 5.90. The first-order valence-electron chi connectivity index (χ1n) is 7.74. The number of aromatic nitrogens is 1. The van der Waals surface area contributed by atoms with E-state index in [0.717, 1.165) is 24.0 Å². The van der Waals surface area contributed by atoms with Crippen LogP contribution in [0.3, 0.4) is 0 Å². The van der Waals surface area contributed by atoms with E-state index in [2.05, 4.69) is 4.98 Å². The van der Waals surface area contributed by atoms with Crippen LogP contribution < -0.4 is 0 Å². The summed E-state index contributed by atoms with van der Waals surface area (Å²) in [5, 5.41) is 9.41. The zero-order valence-corrected chi connectivity index (χ0v) is 13.9. The molecule has 2 aliphatic heterocycles. The lowest BCUT2D eigenvalue weighted by molar-refractivity contribution is 0.0675. The minimum absolute atomic E-state index is 0.0317. The second-order valence-corrected chi connectivity index (χ2v) is 8.13. The lowest BCUT2D eigenvalue weighted by atomic mass is 9.97. The monoisotopic (exact) mass is 339 g/mol. The van der Waals surface area contributed by atoms with Crippen molar-refractivity contribution in [3.8, 4) is 0 Å². The van der Waals surface area contributed by atoms with Crippen molar-refractivity contribution in [1.82, 2.24) is 14.2 Å². The van der Waals surface area contributed by atoms with Gasteiger partial charge in [0.15, 0.2) is 0 Å².